The molecule has 0 bridgehead atoms. The normalized spacial score (nSPS) is 11.4. The molecule has 0 aliphatic heterocycles. The molecule has 0 N–H and O–H groups in total. The Balaban J connectivity index is 1.64. The van der Waals surface area contributed by atoms with Crippen LogP contribution in [0.4, 0.5) is 0 Å². The summed E-state index contributed by atoms with van der Waals surface area (Å²) in [6, 6.07) is 11.2. The number of thioether (sulfide) groups is 1. The molecule has 3 rings (SSSR count). The van der Waals surface area contributed by atoms with Crippen molar-refractivity contribution in [2.24, 2.45) is 0 Å². The Hall–Kier alpha value is -1.80. The van der Waals surface area contributed by atoms with Crippen molar-refractivity contribution in [1.29, 1.82) is 0 Å². The van der Waals surface area contributed by atoms with Gasteiger partial charge < -0.3 is 9.47 Å². The Morgan fingerprint density at radius 3 is 2.61 bits per heavy atom. The van der Waals surface area contributed by atoms with E-state index in [1.165, 1.54) is 11.5 Å². The number of rotatable bonds is 8. The predicted octanol–water partition coefficient (Wildman–Crippen LogP) is 6.83. The van der Waals surface area contributed by atoms with E-state index in [4.69, 9.17) is 32.7 Å². The van der Waals surface area contributed by atoms with Crippen molar-refractivity contribution in [2.45, 2.75) is 43.9 Å². The van der Waals surface area contributed by atoms with Crippen molar-refractivity contribution in [2.75, 3.05) is 6.61 Å². The fourth-order valence-electron chi connectivity index (χ4n) is 2.66. The zero-order valence-electron chi connectivity index (χ0n) is 17.6. The van der Waals surface area contributed by atoms with Crippen LogP contribution in [0.1, 0.15) is 31.3 Å². The first-order chi connectivity index (χ1) is 14.7. The van der Waals surface area contributed by atoms with Crippen LogP contribution in [0.15, 0.2) is 41.3 Å². The minimum Gasteiger partial charge on any atom is -0.476 e. The summed E-state index contributed by atoms with van der Waals surface area (Å²) in [5.41, 5.74) is 0.725. The highest BCUT2D eigenvalue weighted by molar-refractivity contribution is 7.98. The van der Waals surface area contributed by atoms with Crippen LogP contribution in [0.2, 0.25) is 10.0 Å². The van der Waals surface area contributed by atoms with Gasteiger partial charge in [-0.2, -0.15) is 4.37 Å². The molecule has 0 unspecified atom stereocenters. The van der Waals surface area contributed by atoms with E-state index in [0.29, 0.717) is 34.0 Å². The first-order valence-corrected chi connectivity index (χ1v) is 12.1. The molecule has 1 heterocycles. The van der Waals surface area contributed by atoms with Crippen molar-refractivity contribution in [1.82, 2.24) is 9.36 Å². The molecular weight excluding hydrogens is 475 g/mol. The minimum atomic E-state index is -1.05. The fraction of sp³-hybridized carbons (Fsp3) is 0.318. The molecule has 0 aliphatic rings. The van der Waals surface area contributed by atoms with Crippen molar-refractivity contribution < 1.29 is 14.3 Å². The smallest absolute Gasteiger partial charge is 0.349 e. The van der Waals surface area contributed by atoms with Crippen LogP contribution in [0, 0.1) is 6.92 Å². The van der Waals surface area contributed by atoms with Crippen molar-refractivity contribution in [3.63, 3.8) is 0 Å². The molecule has 164 valence electrons. The monoisotopic (exact) mass is 496 g/mol. The van der Waals surface area contributed by atoms with Crippen LogP contribution in [-0.2, 0) is 15.3 Å². The fourth-order valence-corrected chi connectivity index (χ4v) is 4.59. The van der Waals surface area contributed by atoms with Crippen LogP contribution in [0.25, 0.3) is 11.4 Å². The number of carbonyl (C=O) groups excluding carboxylic acids is 1. The Labute approximate surface area is 200 Å². The van der Waals surface area contributed by atoms with Gasteiger partial charge in [-0.1, -0.05) is 23.2 Å². The van der Waals surface area contributed by atoms with Crippen LogP contribution in [0.3, 0.4) is 0 Å². The van der Waals surface area contributed by atoms with E-state index in [2.05, 4.69) is 9.36 Å². The molecule has 9 heteroatoms. The van der Waals surface area contributed by atoms with Crippen LogP contribution in [-0.4, -0.2) is 27.5 Å². The number of esters is 1. The third-order valence-corrected chi connectivity index (χ3v) is 6.92. The van der Waals surface area contributed by atoms with Crippen molar-refractivity contribution in [3.05, 3.63) is 57.0 Å². The number of aryl methyl sites for hydroxylation is 1. The number of hydrogen-bond donors (Lipinski definition) is 0. The van der Waals surface area contributed by atoms with Gasteiger partial charge in [0.2, 0.25) is 0 Å². The van der Waals surface area contributed by atoms with Gasteiger partial charge in [-0.25, -0.2) is 9.78 Å². The van der Waals surface area contributed by atoms with Gasteiger partial charge in [0.25, 0.3) is 0 Å². The van der Waals surface area contributed by atoms with E-state index in [0.717, 1.165) is 21.0 Å². The summed E-state index contributed by atoms with van der Waals surface area (Å²) in [4.78, 5) is 17.7. The number of benzene rings is 2. The van der Waals surface area contributed by atoms with Gasteiger partial charge in [0.1, 0.15) is 10.8 Å². The Morgan fingerprint density at radius 2 is 1.94 bits per heavy atom. The lowest BCUT2D eigenvalue weighted by Crippen LogP contribution is -2.39. The van der Waals surface area contributed by atoms with Gasteiger partial charge in [0.05, 0.1) is 22.4 Å². The predicted molar refractivity (Wildman–Crippen MR) is 127 cm³/mol. The van der Waals surface area contributed by atoms with Crippen LogP contribution in [0.5, 0.6) is 5.75 Å². The Kier molecular flexibility index (Phi) is 7.86. The van der Waals surface area contributed by atoms with Gasteiger partial charge in [0, 0.05) is 10.5 Å². The summed E-state index contributed by atoms with van der Waals surface area (Å²) in [7, 11) is 0. The van der Waals surface area contributed by atoms with Crippen LogP contribution < -0.4 is 4.74 Å². The number of nitrogens with zero attached hydrogens (tertiary/aromatic N) is 2. The summed E-state index contributed by atoms with van der Waals surface area (Å²) in [5.74, 6) is 1.59. The molecule has 0 saturated carbocycles. The molecule has 0 aliphatic carbocycles. The van der Waals surface area contributed by atoms with Gasteiger partial charge in [-0.3, -0.25) is 0 Å². The molecular formula is C22H22Cl2N2O3S2. The number of ether oxygens (including phenoxy) is 2. The maximum Gasteiger partial charge on any atom is 0.349 e. The highest BCUT2D eigenvalue weighted by Crippen LogP contribution is 2.32. The van der Waals surface area contributed by atoms with E-state index in [-0.39, 0.29) is 5.97 Å². The molecule has 31 heavy (non-hydrogen) atoms. The zero-order valence-corrected chi connectivity index (χ0v) is 20.7. The molecule has 0 atom stereocenters. The minimum absolute atomic E-state index is 0.318. The first kappa shape index (κ1) is 23.9. The third-order valence-electron chi connectivity index (χ3n) is 4.29. The number of aromatic nitrogens is 2. The van der Waals surface area contributed by atoms with Gasteiger partial charge in [0.15, 0.2) is 11.4 Å². The maximum atomic E-state index is 12.1. The number of carbonyl (C=O) groups is 1. The molecule has 2 aromatic carbocycles. The number of hydrogen-bond acceptors (Lipinski definition) is 7. The molecule has 0 saturated heterocycles. The summed E-state index contributed by atoms with van der Waals surface area (Å²) in [5, 5.41) is 1.89. The lowest BCUT2D eigenvalue weighted by atomic mass is 10.1. The van der Waals surface area contributed by atoms with E-state index >= 15 is 0 Å². The molecule has 0 spiro atoms. The van der Waals surface area contributed by atoms with E-state index in [1.54, 1.807) is 44.7 Å². The number of halogens is 2. The second-order valence-corrected chi connectivity index (χ2v) is 9.89. The van der Waals surface area contributed by atoms with E-state index in [1.807, 2.05) is 31.2 Å². The van der Waals surface area contributed by atoms with Gasteiger partial charge in [-0.05, 0) is 81.2 Å². The van der Waals surface area contributed by atoms with Crippen molar-refractivity contribution in [3.8, 4) is 17.1 Å². The molecule has 3 aromatic rings. The summed E-state index contributed by atoms with van der Waals surface area (Å²) >= 11 is 15.1. The Morgan fingerprint density at radius 1 is 1.16 bits per heavy atom. The summed E-state index contributed by atoms with van der Waals surface area (Å²) in [6.07, 6.45) is 0. The van der Waals surface area contributed by atoms with Gasteiger partial charge >= 0.3 is 5.97 Å². The van der Waals surface area contributed by atoms with Crippen molar-refractivity contribution >= 4 is 52.5 Å². The first-order valence-electron chi connectivity index (χ1n) is 9.57. The quantitative estimate of drug-likeness (QED) is 0.251. The van der Waals surface area contributed by atoms with E-state index in [9.17, 15) is 4.79 Å². The molecule has 0 radical (unpaired) electrons. The summed E-state index contributed by atoms with van der Waals surface area (Å²) in [6.45, 7) is 7.45. The van der Waals surface area contributed by atoms with E-state index < -0.39 is 5.60 Å². The lowest BCUT2D eigenvalue weighted by molar-refractivity contribution is -0.158. The second kappa shape index (κ2) is 10.2. The molecule has 0 amide bonds. The average molecular weight is 497 g/mol. The molecule has 1 aromatic heterocycles. The SMILES string of the molecule is CCOC(=O)C(C)(C)Oc1ccc(SCc2nc(-c3ccc(Cl)c(Cl)c3)ns2)cc1C. The average Bonchev–Trinajstić information content (AvgIpc) is 3.19. The lowest BCUT2D eigenvalue weighted by Gasteiger charge is -2.25. The second-order valence-electron chi connectivity index (χ2n) is 7.19. The highest BCUT2D eigenvalue weighted by atomic mass is 35.5. The maximum absolute atomic E-state index is 12.1. The largest absolute Gasteiger partial charge is 0.476 e. The molecule has 5 nitrogen and oxygen atoms in total. The van der Waals surface area contributed by atoms with Gasteiger partial charge in [-0.15, -0.1) is 11.8 Å². The zero-order chi connectivity index (χ0) is 22.6. The topological polar surface area (TPSA) is 61.3 Å². The summed E-state index contributed by atoms with van der Waals surface area (Å²) < 4.78 is 15.4. The Bertz CT molecular complexity index is 1090. The highest BCUT2D eigenvalue weighted by Gasteiger charge is 2.32. The molecule has 0 fully saturated rings. The standard InChI is InChI=1S/C22H22Cl2N2O3S2/c1-5-28-21(27)22(3,4)29-18-9-7-15(10-13(18)2)30-12-19-25-20(26-31-19)14-6-8-16(23)17(24)11-14/h6-11H,5,12H2,1-4H3. The van der Waals surface area contributed by atoms with Crippen LogP contribution >= 0.6 is 46.5 Å². The third kappa shape index (κ3) is 6.13.